The summed E-state index contributed by atoms with van der Waals surface area (Å²) in [6.45, 7) is 4.25. The van der Waals surface area contributed by atoms with Crippen LogP contribution in [0.2, 0.25) is 0 Å². The molecule has 13 heteroatoms. The molecule has 0 saturated heterocycles. The highest BCUT2D eigenvalue weighted by atomic mass is 32.2. The van der Waals surface area contributed by atoms with Crippen molar-refractivity contribution in [2.75, 3.05) is 5.75 Å². The largest absolute Gasteiger partial charge is 0.384 e. The zero-order valence-electron chi connectivity index (χ0n) is 11.7. The molecule has 8 nitrogen and oxygen atoms in total. The lowest BCUT2D eigenvalue weighted by Crippen LogP contribution is -2.36. The van der Waals surface area contributed by atoms with Crippen molar-refractivity contribution < 1.29 is 29.9 Å². The summed E-state index contributed by atoms with van der Waals surface area (Å²) in [6, 6.07) is 0. The van der Waals surface area contributed by atoms with Gasteiger partial charge in [-0.1, -0.05) is 16.5 Å². The van der Waals surface area contributed by atoms with E-state index in [2.05, 4.69) is 14.4 Å². The standard InChI is InChI=1S/C9H13F2N3O5S3/c1-9(2,3)21(15,16)4-5(12)14-19-22(17,18)7-6(10)20-8(11)13-7/h4H2,1-3H3,(H2,12,14). The van der Waals surface area contributed by atoms with Gasteiger partial charge in [-0.05, 0) is 20.8 Å². The number of oxime groups is 1. The average molecular weight is 377 g/mol. The molecule has 0 aliphatic carbocycles. The van der Waals surface area contributed by atoms with Gasteiger partial charge in [-0.25, -0.2) is 8.42 Å². The van der Waals surface area contributed by atoms with E-state index in [0.717, 1.165) is 0 Å². The minimum Gasteiger partial charge on any atom is -0.384 e. The van der Waals surface area contributed by atoms with Gasteiger partial charge >= 0.3 is 10.1 Å². The van der Waals surface area contributed by atoms with E-state index in [-0.39, 0.29) is 11.3 Å². The van der Waals surface area contributed by atoms with Crippen LogP contribution in [0, 0.1) is 10.4 Å². The highest BCUT2D eigenvalue weighted by Gasteiger charge is 2.31. The van der Waals surface area contributed by atoms with Gasteiger partial charge in [-0.3, -0.25) is 4.28 Å². The first-order valence-corrected chi connectivity index (χ1v) is 9.44. The maximum absolute atomic E-state index is 13.1. The van der Waals surface area contributed by atoms with Crippen LogP contribution in [0.1, 0.15) is 20.8 Å². The fourth-order valence-corrected chi connectivity index (χ4v) is 3.42. The average Bonchev–Trinajstić information content (AvgIpc) is 2.65. The Morgan fingerprint density at radius 3 is 2.27 bits per heavy atom. The summed E-state index contributed by atoms with van der Waals surface area (Å²) in [4.78, 5) is 2.81. The molecule has 1 aromatic rings. The van der Waals surface area contributed by atoms with Gasteiger partial charge in [-0.2, -0.15) is 22.2 Å². The number of hydrogen-bond acceptors (Lipinski definition) is 8. The Kier molecular flexibility index (Phi) is 5.14. The number of nitrogens with zero attached hydrogens (tertiary/aromatic N) is 2. The van der Waals surface area contributed by atoms with Crippen LogP contribution in [-0.4, -0.2) is 38.2 Å². The number of hydrogen-bond donors (Lipinski definition) is 1. The van der Waals surface area contributed by atoms with Crippen molar-refractivity contribution in [1.82, 2.24) is 4.98 Å². The normalized spacial score (nSPS) is 14.1. The minimum atomic E-state index is -4.83. The Bertz CT molecular complexity index is 793. The lowest BCUT2D eigenvalue weighted by molar-refractivity contribution is 0.333. The fourth-order valence-electron chi connectivity index (χ4n) is 0.988. The summed E-state index contributed by atoms with van der Waals surface area (Å²) in [5.74, 6) is -1.42. The van der Waals surface area contributed by atoms with E-state index >= 15 is 0 Å². The van der Waals surface area contributed by atoms with E-state index in [1.807, 2.05) is 0 Å². The number of aromatic nitrogens is 1. The van der Waals surface area contributed by atoms with Crippen molar-refractivity contribution in [3.63, 3.8) is 0 Å². The highest BCUT2D eigenvalue weighted by Crippen LogP contribution is 2.21. The maximum Gasteiger partial charge on any atom is 0.380 e. The molecule has 0 spiro atoms. The zero-order chi connectivity index (χ0) is 17.3. The van der Waals surface area contributed by atoms with E-state index in [1.165, 1.54) is 20.8 Å². The molecular weight excluding hydrogens is 364 g/mol. The van der Waals surface area contributed by atoms with Crippen molar-refractivity contribution in [2.45, 2.75) is 30.5 Å². The van der Waals surface area contributed by atoms with Crippen LogP contribution in [-0.2, 0) is 24.2 Å². The molecule has 0 radical (unpaired) electrons. The second-order valence-electron chi connectivity index (χ2n) is 5.03. The number of amidine groups is 1. The van der Waals surface area contributed by atoms with E-state index in [4.69, 9.17) is 5.73 Å². The molecule has 0 unspecified atom stereocenters. The van der Waals surface area contributed by atoms with Gasteiger partial charge in [0.05, 0.1) is 4.75 Å². The number of thiazole rings is 1. The molecule has 0 aliphatic heterocycles. The Morgan fingerprint density at radius 2 is 1.86 bits per heavy atom. The molecule has 0 saturated carbocycles. The van der Waals surface area contributed by atoms with Gasteiger partial charge < -0.3 is 5.73 Å². The number of rotatable bonds is 5. The van der Waals surface area contributed by atoms with Crippen LogP contribution < -0.4 is 5.73 Å². The summed E-state index contributed by atoms with van der Waals surface area (Å²) in [7, 11) is -8.55. The molecule has 0 fully saturated rings. The predicted molar refractivity (Wildman–Crippen MR) is 75.5 cm³/mol. The van der Waals surface area contributed by atoms with Gasteiger partial charge in [0.1, 0.15) is 5.75 Å². The van der Waals surface area contributed by atoms with Crippen LogP contribution in [0.15, 0.2) is 10.2 Å². The molecule has 0 atom stereocenters. The molecular formula is C9H13F2N3O5S3. The van der Waals surface area contributed by atoms with Crippen molar-refractivity contribution in [3.05, 3.63) is 10.4 Å². The van der Waals surface area contributed by atoms with Crippen molar-refractivity contribution in [3.8, 4) is 0 Å². The van der Waals surface area contributed by atoms with Crippen LogP contribution >= 0.6 is 11.3 Å². The second-order valence-corrected chi connectivity index (χ2v) is 10.1. The fraction of sp³-hybridized carbons (Fsp3) is 0.556. The molecule has 1 rings (SSSR count). The Balaban J connectivity index is 2.95. The Morgan fingerprint density at radius 1 is 1.32 bits per heavy atom. The lowest BCUT2D eigenvalue weighted by atomic mass is 10.3. The molecule has 1 heterocycles. The summed E-state index contributed by atoms with van der Waals surface area (Å²) in [6.07, 6.45) is 0. The summed E-state index contributed by atoms with van der Waals surface area (Å²) in [5.41, 5.74) is 5.28. The van der Waals surface area contributed by atoms with E-state index in [9.17, 15) is 25.6 Å². The molecule has 1 aromatic heterocycles. The van der Waals surface area contributed by atoms with E-state index in [0.29, 0.717) is 0 Å². The van der Waals surface area contributed by atoms with Gasteiger partial charge in [0.2, 0.25) is 10.2 Å². The molecule has 0 aromatic carbocycles. The third-order valence-corrected chi connectivity index (χ3v) is 6.61. The van der Waals surface area contributed by atoms with Crippen LogP contribution in [0.5, 0.6) is 0 Å². The maximum atomic E-state index is 13.1. The van der Waals surface area contributed by atoms with Crippen molar-refractivity contribution in [1.29, 1.82) is 0 Å². The smallest absolute Gasteiger partial charge is 0.380 e. The van der Waals surface area contributed by atoms with E-state index < -0.39 is 51.7 Å². The lowest BCUT2D eigenvalue weighted by Gasteiger charge is -2.18. The predicted octanol–water partition coefficient (Wildman–Crippen LogP) is 0.612. The number of nitrogens with two attached hydrogens (primary N) is 1. The molecule has 22 heavy (non-hydrogen) atoms. The second kappa shape index (κ2) is 6.04. The topological polar surface area (TPSA) is 129 Å². The molecule has 0 aliphatic rings. The minimum absolute atomic E-state index is 0.135. The molecule has 126 valence electrons. The monoisotopic (exact) mass is 377 g/mol. The van der Waals surface area contributed by atoms with Gasteiger partial charge in [0.15, 0.2) is 15.7 Å². The molecule has 2 N–H and O–H groups in total. The van der Waals surface area contributed by atoms with E-state index in [1.54, 1.807) is 0 Å². The molecule has 0 amide bonds. The van der Waals surface area contributed by atoms with Gasteiger partial charge in [0.25, 0.3) is 5.26 Å². The SMILES string of the molecule is CC(C)(C)S(=O)(=O)CC(N)=NOS(=O)(=O)c1nc(F)sc1F. The van der Waals surface area contributed by atoms with Gasteiger partial charge in [-0.15, -0.1) is 0 Å². The third kappa shape index (κ3) is 4.33. The summed E-state index contributed by atoms with van der Waals surface area (Å²) < 4.78 is 75.4. The van der Waals surface area contributed by atoms with Crippen LogP contribution in [0.3, 0.4) is 0 Å². The Labute approximate surface area is 130 Å². The highest BCUT2D eigenvalue weighted by molar-refractivity contribution is 7.93. The van der Waals surface area contributed by atoms with Crippen LogP contribution in [0.25, 0.3) is 0 Å². The Hall–Kier alpha value is -1.34. The first-order chi connectivity index (χ1) is 9.76. The van der Waals surface area contributed by atoms with Crippen molar-refractivity contribution in [2.24, 2.45) is 10.9 Å². The summed E-state index contributed by atoms with van der Waals surface area (Å²) >= 11 is -0.135. The van der Waals surface area contributed by atoms with Crippen LogP contribution in [0.4, 0.5) is 8.78 Å². The zero-order valence-corrected chi connectivity index (χ0v) is 14.2. The first kappa shape index (κ1) is 18.7. The van der Waals surface area contributed by atoms with Crippen molar-refractivity contribution >= 4 is 37.1 Å². The third-order valence-electron chi connectivity index (χ3n) is 2.29. The first-order valence-electron chi connectivity index (χ1n) is 5.56. The molecule has 0 bridgehead atoms. The number of halogens is 2. The van der Waals surface area contributed by atoms with Gasteiger partial charge in [0, 0.05) is 0 Å². The summed E-state index contributed by atoms with van der Waals surface area (Å²) in [5, 5.41) is -1.10. The number of sulfone groups is 1. The quantitative estimate of drug-likeness (QED) is 0.452.